The summed E-state index contributed by atoms with van der Waals surface area (Å²) in [6.07, 6.45) is 1.49. The molecule has 1 aliphatic carbocycles. The maximum absolute atomic E-state index is 11.1. The molecule has 0 aromatic heterocycles. The van der Waals surface area contributed by atoms with Crippen LogP contribution in [0.3, 0.4) is 0 Å². The van der Waals surface area contributed by atoms with Gasteiger partial charge < -0.3 is 9.47 Å². The first-order chi connectivity index (χ1) is 5.75. The van der Waals surface area contributed by atoms with Crippen LogP contribution in [-0.2, 0) is 14.3 Å². The van der Waals surface area contributed by atoms with Crippen LogP contribution in [0.4, 0.5) is 0 Å². The zero-order valence-electron chi connectivity index (χ0n) is 6.93. The average Bonchev–Trinajstić information content (AvgIpc) is 2.36. The van der Waals surface area contributed by atoms with Crippen molar-refractivity contribution in [3.05, 3.63) is 9.15 Å². The summed E-state index contributed by atoms with van der Waals surface area (Å²) >= 11 is 2.08. The van der Waals surface area contributed by atoms with Gasteiger partial charge in [-0.05, 0) is 34.6 Å². The molecule has 0 unspecified atom stereocenters. The quantitative estimate of drug-likeness (QED) is 0.447. The molecule has 1 aliphatic rings. The molecule has 68 valence electrons. The fraction of sp³-hybridized carbons (Fsp3) is 0.625. The van der Waals surface area contributed by atoms with Crippen LogP contribution < -0.4 is 0 Å². The number of methoxy groups -OCH3 is 1. The van der Waals surface area contributed by atoms with Gasteiger partial charge in [0.2, 0.25) is 0 Å². The van der Waals surface area contributed by atoms with Crippen LogP contribution in [0.5, 0.6) is 0 Å². The summed E-state index contributed by atoms with van der Waals surface area (Å²) in [6, 6.07) is 0. The molecule has 0 bridgehead atoms. The molecule has 0 atom stereocenters. The van der Waals surface area contributed by atoms with E-state index in [9.17, 15) is 4.79 Å². The van der Waals surface area contributed by atoms with Crippen molar-refractivity contribution in [1.82, 2.24) is 0 Å². The molecule has 0 aromatic rings. The van der Waals surface area contributed by atoms with Gasteiger partial charge in [-0.2, -0.15) is 0 Å². The number of carbonyl (C=O) groups is 1. The highest BCUT2D eigenvalue weighted by molar-refractivity contribution is 14.1. The summed E-state index contributed by atoms with van der Waals surface area (Å²) in [5.41, 5.74) is 1.11. The zero-order chi connectivity index (χ0) is 8.97. The summed E-state index contributed by atoms with van der Waals surface area (Å²) in [4.78, 5) is 11.1. The van der Waals surface area contributed by atoms with Crippen LogP contribution in [0, 0.1) is 0 Å². The van der Waals surface area contributed by atoms with Gasteiger partial charge in [-0.3, -0.25) is 4.79 Å². The minimum atomic E-state index is 0.242. The summed E-state index contributed by atoms with van der Waals surface area (Å²) in [5, 5.41) is 0. The minimum Gasteiger partial charge on any atom is -0.359 e. The fourth-order valence-corrected chi connectivity index (χ4v) is 1.76. The van der Waals surface area contributed by atoms with Gasteiger partial charge in [-0.1, -0.05) is 0 Å². The first-order valence-corrected chi connectivity index (χ1v) is 4.81. The molecule has 0 saturated heterocycles. The van der Waals surface area contributed by atoms with Crippen LogP contribution >= 0.6 is 22.6 Å². The van der Waals surface area contributed by atoms with Crippen molar-refractivity contribution >= 4 is 28.4 Å². The lowest BCUT2D eigenvalue weighted by atomic mass is 10.2. The lowest BCUT2D eigenvalue weighted by Crippen LogP contribution is -2.00. The van der Waals surface area contributed by atoms with Gasteiger partial charge in [0.25, 0.3) is 0 Å². The second-order valence-electron chi connectivity index (χ2n) is 2.60. The molecule has 1 rings (SSSR count). The molecule has 0 N–H and O–H groups in total. The number of halogens is 1. The van der Waals surface area contributed by atoms with E-state index in [1.807, 2.05) is 0 Å². The van der Waals surface area contributed by atoms with Crippen LogP contribution in [-0.4, -0.2) is 26.3 Å². The lowest BCUT2D eigenvalue weighted by Gasteiger charge is -2.02. The van der Waals surface area contributed by atoms with Crippen LogP contribution in [0.25, 0.3) is 0 Å². The van der Waals surface area contributed by atoms with Gasteiger partial charge >= 0.3 is 0 Å². The number of ether oxygens (including phenoxy) is 2. The lowest BCUT2D eigenvalue weighted by molar-refractivity contribution is -0.114. The third-order valence-corrected chi connectivity index (χ3v) is 3.05. The second-order valence-corrected chi connectivity index (χ2v) is 3.67. The van der Waals surface area contributed by atoms with Crippen LogP contribution in [0.15, 0.2) is 9.15 Å². The van der Waals surface area contributed by atoms with Crippen molar-refractivity contribution in [2.75, 3.05) is 20.5 Å². The number of hydrogen-bond acceptors (Lipinski definition) is 3. The van der Waals surface area contributed by atoms with Crippen molar-refractivity contribution in [2.24, 2.45) is 0 Å². The van der Waals surface area contributed by atoms with Crippen molar-refractivity contribution in [1.29, 1.82) is 0 Å². The molecule has 0 heterocycles. The molecule has 12 heavy (non-hydrogen) atoms. The maximum Gasteiger partial charge on any atom is 0.169 e. The molecule has 0 saturated carbocycles. The van der Waals surface area contributed by atoms with E-state index in [1.165, 1.54) is 0 Å². The number of rotatable bonds is 4. The summed E-state index contributed by atoms with van der Waals surface area (Å²) in [6.45, 7) is 0.819. The second kappa shape index (κ2) is 4.94. The molecular formula is C8H11IO3. The van der Waals surface area contributed by atoms with Crippen molar-refractivity contribution in [3.63, 3.8) is 0 Å². The minimum absolute atomic E-state index is 0.242. The largest absolute Gasteiger partial charge is 0.359 e. The number of carbonyl (C=O) groups excluding carboxylic acids is 1. The van der Waals surface area contributed by atoms with Gasteiger partial charge in [0.05, 0.1) is 10.2 Å². The standard InChI is InChI=1S/C8H11IO3/c1-11-5-12-4-6-2-3-7(10)8(6)9/h2-5H2,1H3. The van der Waals surface area contributed by atoms with Crippen LogP contribution in [0.1, 0.15) is 12.8 Å². The molecule has 3 nitrogen and oxygen atoms in total. The van der Waals surface area contributed by atoms with Gasteiger partial charge in [-0.15, -0.1) is 0 Å². The molecule has 0 amide bonds. The molecular weight excluding hydrogens is 271 g/mol. The van der Waals surface area contributed by atoms with Crippen molar-refractivity contribution < 1.29 is 14.3 Å². The number of allylic oxidation sites excluding steroid dienone is 1. The first-order valence-electron chi connectivity index (χ1n) is 3.73. The normalized spacial score (nSPS) is 17.7. The first kappa shape index (κ1) is 10.1. The summed E-state index contributed by atoms with van der Waals surface area (Å²) in [7, 11) is 1.58. The Hall–Kier alpha value is 0.0600. The van der Waals surface area contributed by atoms with E-state index in [0.29, 0.717) is 19.8 Å². The smallest absolute Gasteiger partial charge is 0.169 e. The van der Waals surface area contributed by atoms with Gasteiger partial charge in [-0.25, -0.2) is 0 Å². The number of ketones is 1. The van der Waals surface area contributed by atoms with E-state index in [0.717, 1.165) is 15.6 Å². The predicted octanol–water partition coefficient (Wildman–Crippen LogP) is 1.66. The Morgan fingerprint density at radius 2 is 2.25 bits per heavy atom. The third-order valence-electron chi connectivity index (χ3n) is 1.69. The van der Waals surface area contributed by atoms with E-state index < -0.39 is 0 Å². The molecule has 4 heteroatoms. The highest BCUT2D eigenvalue weighted by atomic mass is 127. The molecule has 0 radical (unpaired) electrons. The Morgan fingerprint density at radius 1 is 1.50 bits per heavy atom. The van der Waals surface area contributed by atoms with Gasteiger partial charge in [0, 0.05) is 13.5 Å². The van der Waals surface area contributed by atoms with Crippen LogP contribution in [0.2, 0.25) is 0 Å². The Balaban J connectivity index is 2.37. The van der Waals surface area contributed by atoms with E-state index in [1.54, 1.807) is 7.11 Å². The Bertz CT molecular complexity index is 210. The topological polar surface area (TPSA) is 35.5 Å². The summed E-state index contributed by atoms with van der Waals surface area (Å²) < 4.78 is 10.7. The Morgan fingerprint density at radius 3 is 2.75 bits per heavy atom. The molecule has 0 fully saturated rings. The number of Topliss-reactive ketones (excluding diaryl/α,β-unsaturated/α-hetero) is 1. The van der Waals surface area contributed by atoms with Crippen molar-refractivity contribution in [2.45, 2.75) is 12.8 Å². The molecule has 0 aliphatic heterocycles. The SMILES string of the molecule is COCOCC1=C(I)C(=O)CC1. The fourth-order valence-electron chi connectivity index (χ4n) is 1.06. The third kappa shape index (κ3) is 2.53. The maximum atomic E-state index is 11.1. The van der Waals surface area contributed by atoms with E-state index in [2.05, 4.69) is 22.6 Å². The summed E-state index contributed by atoms with van der Waals surface area (Å²) in [5.74, 6) is 0.242. The van der Waals surface area contributed by atoms with E-state index in [-0.39, 0.29) is 5.78 Å². The Labute approximate surface area is 85.2 Å². The van der Waals surface area contributed by atoms with Gasteiger partial charge in [0.15, 0.2) is 5.78 Å². The van der Waals surface area contributed by atoms with Crippen molar-refractivity contribution in [3.8, 4) is 0 Å². The number of hydrogen-bond donors (Lipinski definition) is 0. The molecule has 0 aromatic carbocycles. The van der Waals surface area contributed by atoms with E-state index >= 15 is 0 Å². The highest BCUT2D eigenvalue weighted by Gasteiger charge is 2.20. The highest BCUT2D eigenvalue weighted by Crippen LogP contribution is 2.27. The molecule has 0 spiro atoms. The van der Waals surface area contributed by atoms with Gasteiger partial charge in [0.1, 0.15) is 6.79 Å². The predicted molar refractivity (Wildman–Crippen MR) is 53.1 cm³/mol. The van der Waals surface area contributed by atoms with E-state index in [4.69, 9.17) is 9.47 Å². The monoisotopic (exact) mass is 282 g/mol. The average molecular weight is 282 g/mol. The zero-order valence-corrected chi connectivity index (χ0v) is 9.09. The Kier molecular flexibility index (Phi) is 4.17.